The molecule has 6 heteroatoms. The highest BCUT2D eigenvalue weighted by molar-refractivity contribution is 7.90. The SMILES string of the molecule is Cc1ccc(S(C)(=O)=O)cc1C(=O)NCc1ccc(CN2CCCCC2)cc1. The minimum Gasteiger partial charge on any atom is -0.348 e. The topological polar surface area (TPSA) is 66.5 Å². The molecule has 150 valence electrons. The van der Waals surface area contributed by atoms with E-state index in [2.05, 4.69) is 22.3 Å². The Morgan fingerprint density at radius 1 is 1.00 bits per heavy atom. The number of likely N-dealkylation sites (tertiary alicyclic amines) is 1. The van der Waals surface area contributed by atoms with E-state index in [-0.39, 0.29) is 10.8 Å². The molecular weight excluding hydrogens is 372 g/mol. The number of nitrogens with zero attached hydrogens (tertiary/aromatic N) is 1. The molecular formula is C22H28N2O3S. The summed E-state index contributed by atoms with van der Waals surface area (Å²) >= 11 is 0. The van der Waals surface area contributed by atoms with Crippen molar-refractivity contribution in [1.29, 1.82) is 0 Å². The summed E-state index contributed by atoms with van der Waals surface area (Å²) in [4.78, 5) is 15.2. The van der Waals surface area contributed by atoms with Crippen LogP contribution in [-0.2, 0) is 22.9 Å². The van der Waals surface area contributed by atoms with Crippen molar-refractivity contribution >= 4 is 15.7 Å². The van der Waals surface area contributed by atoms with Crippen molar-refractivity contribution in [2.24, 2.45) is 0 Å². The quantitative estimate of drug-likeness (QED) is 0.808. The maximum absolute atomic E-state index is 12.5. The highest BCUT2D eigenvalue weighted by atomic mass is 32.2. The number of aryl methyl sites for hydroxylation is 1. The van der Waals surface area contributed by atoms with Crippen molar-refractivity contribution in [3.63, 3.8) is 0 Å². The van der Waals surface area contributed by atoms with Gasteiger partial charge in [0.05, 0.1) is 4.90 Å². The van der Waals surface area contributed by atoms with Crippen LogP contribution >= 0.6 is 0 Å². The number of amides is 1. The third kappa shape index (κ3) is 5.42. The molecule has 2 aromatic carbocycles. The number of hydrogen-bond acceptors (Lipinski definition) is 4. The zero-order chi connectivity index (χ0) is 20.1. The van der Waals surface area contributed by atoms with E-state index in [0.29, 0.717) is 12.1 Å². The molecule has 2 aromatic rings. The van der Waals surface area contributed by atoms with Gasteiger partial charge in [-0.2, -0.15) is 0 Å². The van der Waals surface area contributed by atoms with Crippen molar-refractivity contribution in [1.82, 2.24) is 10.2 Å². The Morgan fingerprint density at radius 3 is 2.29 bits per heavy atom. The minimum absolute atomic E-state index is 0.158. The van der Waals surface area contributed by atoms with Crippen LogP contribution in [0, 0.1) is 6.92 Å². The normalized spacial score (nSPS) is 15.4. The van der Waals surface area contributed by atoms with Crippen LogP contribution in [0.15, 0.2) is 47.4 Å². The molecule has 0 saturated carbocycles. The molecule has 1 heterocycles. The maximum Gasteiger partial charge on any atom is 0.251 e. The third-order valence-corrected chi connectivity index (χ3v) is 6.32. The average molecular weight is 401 g/mol. The number of hydrogen-bond donors (Lipinski definition) is 1. The van der Waals surface area contributed by atoms with E-state index in [4.69, 9.17) is 0 Å². The van der Waals surface area contributed by atoms with Crippen molar-refractivity contribution in [2.75, 3.05) is 19.3 Å². The molecule has 28 heavy (non-hydrogen) atoms. The van der Waals surface area contributed by atoms with Crippen molar-refractivity contribution < 1.29 is 13.2 Å². The van der Waals surface area contributed by atoms with E-state index in [1.807, 2.05) is 12.1 Å². The Kier molecular flexibility index (Phi) is 6.52. The van der Waals surface area contributed by atoms with Crippen LogP contribution in [-0.4, -0.2) is 38.6 Å². The summed E-state index contributed by atoms with van der Waals surface area (Å²) in [6.07, 6.45) is 5.04. The number of carbonyl (C=O) groups is 1. The van der Waals surface area contributed by atoms with Gasteiger partial charge in [0.1, 0.15) is 0 Å². The molecule has 1 amide bonds. The number of rotatable bonds is 6. The molecule has 0 spiro atoms. The lowest BCUT2D eigenvalue weighted by atomic mass is 10.1. The van der Waals surface area contributed by atoms with Gasteiger partial charge in [0.2, 0.25) is 0 Å². The molecule has 3 rings (SSSR count). The molecule has 0 aromatic heterocycles. The smallest absolute Gasteiger partial charge is 0.251 e. The second-order valence-electron chi connectivity index (χ2n) is 7.58. The van der Waals surface area contributed by atoms with E-state index in [1.165, 1.54) is 50.0 Å². The summed E-state index contributed by atoms with van der Waals surface area (Å²) in [5, 5.41) is 2.89. The monoisotopic (exact) mass is 400 g/mol. The van der Waals surface area contributed by atoms with Crippen LogP contribution in [0.1, 0.15) is 46.3 Å². The number of nitrogens with one attached hydrogen (secondary N) is 1. The summed E-state index contributed by atoms with van der Waals surface area (Å²) in [5.74, 6) is -0.264. The molecule has 0 bridgehead atoms. The van der Waals surface area contributed by atoms with Gasteiger partial charge in [0.15, 0.2) is 9.84 Å². The fraction of sp³-hybridized carbons (Fsp3) is 0.409. The molecule has 0 atom stereocenters. The van der Waals surface area contributed by atoms with Crippen LogP contribution in [0.2, 0.25) is 0 Å². The Labute approximate surface area is 167 Å². The first-order valence-corrected chi connectivity index (χ1v) is 11.6. The second kappa shape index (κ2) is 8.88. The Bertz CT molecular complexity index is 931. The average Bonchev–Trinajstić information content (AvgIpc) is 2.67. The summed E-state index contributed by atoms with van der Waals surface area (Å²) in [6.45, 7) is 5.53. The van der Waals surface area contributed by atoms with Gasteiger partial charge >= 0.3 is 0 Å². The van der Waals surface area contributed by atoms with Crippen LogP contribution in [0.4, 0.5) is 0 Å². The van der Waals surface area contributed by atoms with Crippen LogP contribution in [0.5, 0.6) is 0 Å². The van der Waals surface area contributed by atoms with Gasteiger partial charge in [-0.3, -0.25) is 9.69 Å². The van der Waals surface area contributed by atoms with Gasteiger partial charge in [-0.1, -0.05) is 36.8 Å². The van der Waals surface area contributed by atoms with E-state index in [9.17, 15) is 13.2 Å². The lowest BCUT2D eigenvalue weighted by Crippen LogP contribution is -2.29. The predicted octanol–water partition coefficient (Wildman–Crippen LogP) is 3.31. The van der Waals surface area contributed by atoms with Gasteiger partial charge in [0.25, 0.3) is 5.91 Å². The van der Waals surface area contributed by atoms with Gasteiger partial charge < -0.3 is 5.32 Å². The largest absolute Gasteiger partial charge is 0.348 e. The van der Waals surface area contributed by atoms with Gasteiger partial charge in [0, 0.05) is 24.9 Å². The fourth-order valence-electron chi connectivity index (χ4n) is 3.49. The molecule has 1 aliphatic rings. The molecule has 1 N–H and O–H groups in total. The van der Waals surface area contributed by atoms with Crippen LogP contribution in [0.3, 0.4) is 0 Å². The highest BCUT2D eigenvalue weighted by Crippen LogP contribution is 2.16. The van der Waals surface area contributed by atoms with Crippen LogP contribution in [0.25, 0.3) is 0 Å². The second-order valence-corrected chi connectivity index (χ2v) is 9.60. The molecule has 0 unspecified atom stereocenters. The standard InChI is InChI=1S/C22H28N2O3S/c1-17-6-11-20(28(2,26)27)14-21(17)22(25)23-15-18-7-9-19(10-8-18)16-24-12-4-3-5-13-24/h6-11,14H,3-5,12-13,15-16H2,1-2H3,(H,23,25). The van der Waals surface area contributed by atoms with E-state index in [0.717, 1.165) is 23.9 Å². The maximum atomic E-state index is 12.5. The molecule has 0 radical (unpaired) electrons. The third-order valence-electron chi connectivity index (χ3n) is 5.21. The zero-order valence-electron chi connectivity index (χ0n) is 16.6. The first-order chi connectivity index (χ1) is 13.3. The predicted molar refractivity (Wildman–Crippen MR) is 111 cm³/mol. The van der Waals surface area contributed by atoms with Crippen molar-refractivity contribution in [2.45, 2.75) is 44.2 Å². The molecule has 0 aliphatic carbocycles. The summed E-state index contributed by atoms with van der Waals surface area (Å²) in [5.41, 5.74) is 3.45. The Hall–Kier alpha value is -2.18. The first kappa shape index (κ1) is 20.6. The Morgan fingerprint density at radius 2 is 1.64 bits per heavy atom. The van der Waals surface area contributed by atoms with E-state index < -0.39 is 9.84 Å². The highest BCUT2D eigenvalue weighted by Gasteiger charge is 2.14. The van der Waals surface area contributed by atoms with Gasteiger partial charge in [-0.25, -0.2) is 8.42 Å². The summed E-state index contributed by atoms with van der Waals surface area (Å²) < 4.78 is 23.5. The van der Waals surface area contributed by atoms with Crippen molar-refractivity contribution in [3.8, 4) is 0 Å². The zero-order valence-corrected chi connectivity index (χ0v) is 17.4. The lowest BCUT2D eigenvalue weighted by molar-refractivity contribution is 0.0950. The first-order valence-electron chi connectivity index (χ1n) is 9.72. The van der Waals surface area contributed by atoms with E-state index in [1.54, 1.807) is 13.0 Å². The number of sulfone groups is 1. The summed E-state index contributed by atoms with van der Waals surface area (Å²) in [7, 11) is -3.34. The van der Waals surface area contributed by atoms with Crippen molar-refractivity contribution in [3.05, 3.63) is 64.7 Å². The lowest BCUT2D eigenvalue weighted by Gasteiger charge is -2.26. The van der Waals surface area contributed by atoms with Crippen LogP contribution < -0.4 is 5.32 Å². The molecule has 1 saturated heterocycles. The number of carbonyl (C=O) groups excluding carboxylic acids is 1. The number of benzene rings is 2. The van der Waals surface area contributed by atoms with Gasteiger partial charge in [-0.15, -0.1) is 0 Å². The van der Waals surface area contributed by atoms with Gasteiger partial charge in [-0.05, 0) is 61.7 Å². The number of piperidine rings is 1. The Balaban J connectivity index is 1.60. The molecule has 5 nitrogen and oxygen atoms in total. The molecule has 1 aliphatic heterocycles. The van der Waals surface area contributed by atoms with E-state index >= 15 is 0 Å². The summed E-state index contributed by atoms with van der Waals surface area (Å²) in [6, 6.07) is 13.0. The minimum atomic E-state index is -3.34. The molecule has 1 fully saturated rings. The fourth-order valence-corrected chi connectivity index (χ4v) is 4.14.